The fraction of sp³-hybridized carbons (Fsp3) is 0.462. The Morgan fingerprint density at radius 1 is 1.53 bits per heavy atom. The molecule has 1 unspecified atom stereocenters. The summed E-state index contributed by atoms with van der Waals surface area (Å²) >= 11 is 0. The molecule has 0 bridgehead atoms. The van der Waals surface area contributed by atoms with E-state index < -0.39 is 0 Å². The Morgan fingerprint density at radius 3 is 2.71 bits per heavy atom. The van der Waals surface area contributed by atoms with Crippen LogP contribution in [-0.2, 0) is 0 Å². The van der Waals surface area contributed by atoms with Crippen LogP contribution in [0.4, 0.5) is 5.69 Å². The molecule has 0 aliphatic heterocycles. The third-order valence-corrected chi connectivity index (χ3v) is 2.91. The lowest BCUT2D eigenvalue weighted by Gasteiger charge is -2.21. The number of hydrogen-bond acceptors (Lipinski definition) is 3. The minimum absolute atomic E-state index is 0.0483. The van der Waals surface area contributed by atoms with Crippen molar-refractivity contribution in [2.45, 2.75) is 20.3 Å². The molecule has 0 fully saturated rings. The maximum atomic E-state index is 12.0. The lowest BCUT2D eigenvalue weighted by atomic mass is 10.1. The predicted molar refractivity (Wildman–Crippen MR) is 68.9 cm³/mol. The number of aromatic hydroxyl groups is 1. The van der Waals surface area contributed by atoms with Gasteiger partial charge in [0.1, 0.15) is 5.75 Å². The summed E-state index contributed by atoms with van der Waals surface area (Å²) in [6.07, 6.45) is 1.03. The molecule has 1 aromatic rings. The van der Waals surface area contributed by atoms with Gasteiger partial charge in [-0.1, -0.05) is 20.3 Å². The summed E-state index contributed by atoms with van der Waals surface area (Å²) in [7, 11) is 1.77. The molecule has 3 N–H and O–H groups in total. The minimum Gasteiger partial charge on any atom is -0.506 e. The highest BCUT2D eigenvalue weighted by Gasteiger charge is 2.14. The van der Waals surface area contributed by atoms with Gasteiger partial charge in [-0.25, -0.2) is 0 Å². The monoisotopic (exact) mass is 236 g/mol. The number of nitrogen functional groups attached to an aromatic ring is 1. The fourth-order valence-corrected chi connectivity index (χ4v) is 1.58. The molecule has 0 spiro atoms. The van der Waals surface area contributed by atoms with Crippen LogP contribution in [0.15, 0.2) is 18.2 Å². The van der Waals surface area contributed by atoms with Crippen molar-refractivity contribution in [2.24, 2.45) is 5.92 Å². The van der Waals surface area contributed by atoms with Crippen LogP contribution < -0.4 is 5.73 Å². The highest BCUT2D eigenvalue weighted by Crippen LogP contribution is 2.21. The molecule has 0 aromatic heterocycles. The van der Waals surface area contributed by atoms with Gasteiger partial charge in [0, 0.05) is 19.2 Å². The quantitative estimate of drug-likeness (QED) is 0.621. The zero-order chi connectivity index (χ0) is 13.0. The van der Waals surface area contributed by atoms with E-state index in [0.717, 1.165) is 6.42 Å². The second-order valence-electron chi connectivity index (χ2n) is 4.47. The Balaban J connectivity index is 2.78. The van der Waals surface area contributed by atoms with Crippen LogP contribution in [0.1, 0.15) is 30.6 Å². The van der Waals surface area contributed by atoms with Crippen LogP contribution in [0.5, 0.6) is 5.75 Å². The summed E-state index contributed by atoms with van der Waals surface area (Å²) in [5.74, 6) is 0.319. The molecule has 1 aromatic carbocycles. The third-order valence-electron chi connectivity index (χ3n) is 2.91. The standard InChI is InChI=1S/C13H20N2O2/c1-4-9(2)8-15(3)13(17)10-5-6-11(14)12(16)7-10/h5-7,9,16H,4,8,14H2,1-3H3. The van der Waals surface area contributed by atoms with Gasteiger partial charge in [-0.2, -0.15) is 0 Å². The molecule has 0 saturated carbocycles. The molecule has 4 heteroatoms. The van der Waals surface area contributed by atoms with Crippen molar-refractivity contribution in [3.05, 3.63) is 23.8 Å². The van der Waals surface area contributed by atoms with Gasteiger partial charge >= 0.3 is 0 Å². The van der Waals surface area contributed by atoms with Crippen LogP contribution in [0.3, 0.4) is 0 Å². The van der Waals surface area contributed by atoms with Crippen molar-refractivity contribution in [2.75, 3.05) is 19.3 Å². The number of anilines is 1. The van der Waals surface area contributed by atoms with E-state index in [9.17, 15) is 9.90 Å². The Hall–Kier alpha value is -1.71. The molecule has 1 amide bonds. The number of phenols is 1. The van der Waals surface area contributed by atoms with Gasteiger partial charge in [0.15, 0.2) is 0 Å². The van der Waals surface area contributed by atoms with Gasteiger partial charge < -0.3 is 15.7 Å². The number of hydrogen-bond donors (Lipinski definition) is 2. The average molecular weight is 236 g/mol. The molecule has 94 valence electrons. The molecule has 0 heterocycles. The summed E-state index contributed by atoms with van der Waals surface area (Å²) < 4.78 is 0. The molecule has 1 rings (SSSR count). The summed E-state index contributed by atoms with van der Waals surface area (Å²) in [5, 5.41) is 9.46. The first-order valence-corrected chi connectivity index (χ1v) is 5.79. The largest absolute Gasteiger partial charge is 0.506 e. The first kappa shape index (κ1) is 13.4. The normalized spacial score (nSPS) is 12.2. The van der Waals surface area contributed by atoms with Crippen LogP contribution in [-0.4, -0.2) is 29.5 Å². The van der Waals surface area contributed by atoms with Gasteiger partial charge in [-0.3, -0.25) is 4.79 Å². The van der Waals surface area contributed by atoms with Gasteiger partial charge in [0.2, 0.25) is 0 Å². The average Bonchev–Trinajstić information content (AvgIpc) is 2.31. The number of benzene rings is 1. The van der Waals surface area contributed by atoms with Crippen molar-refractivity contribution in [1.29, 1.82) is 0 Å². The maximum Gasteiger partial charge on any atom is 0.253 e. The van der Waals surface area contributed by atoms with Crippen molar-refractivity contribution in [3.8, 4) is 5.75 Å². The second kappa shape index (κ2) is 5.57. The number of amides is 1. The lowest BCUT2D eigenvalue weighted by molar-refractivity contribution is 0.0774. The van der Waals surface area contributed by atoms with Gasteiger partial charge in [0.25, 0.3) is 5.91 Å². The zero-order valence-corrected chi connectivity index (χ0v) is 10.6. The van der Waals surface area contributed by atoms with E-state index in [0.29, 0.717) is 18.0 Å². The number of carbonyl (C=O) groups is 1. The predicted octanol–water partition coefficient (Wildman–Crippen LogP) is 2.09. The van der Waals surface area contributed by atoms with Crippen molar-refractivity contribution < 1.29 is 9.90 Å². The van der Waals surface area contributed by atoms with Crippen LogP contribution in [0.2, 0.25) is 0 Å². The molecule has 0 aliphatic carbocycles. The van der Waals surface area contributed by atoms with E-state index >= 15 is 0 Å². The minimum atomic E-state index is -0.0967. The maximum absolute atomic E-state index is 12.0. The number of phenolic OH excluding ortho intramolecular Hbond substituents is 1. The number of nitrogens with two attached hydrogens (primary N) is 1. The van der Waals surface area contributed by atoms with Gasteiger partial charge in [-0.05, 0) is 24.1 Å². The van der Waals surface area contributed by atoms with E-state index in [-0.39, 0.29) is 17.3 Å². The fourth-order valence-electron chi connectivity index (χ4n) is 1.58. The smallest absolute Gasteiger partial charge is 0.253 e. The second-order valence-corrected chi connectivity index (χ2v) is 4.47. The van der Waals surface area contributed by atoms with Gasteiger partial charge in [-0.15, -0.1) is 0 Å². The molecule has 0 aliphatic rings. The van der Waals surface area contributed by atoms with Crippen molar-refractivity contribution in [3.63, 3.8) is 0 Å². The first-order valence-electron chi connectivity index (χ1n) is 5.79. The van der Waals surface area contributed by atoms with E-state index in [1.165, 1.54) is 6.07 Å². The van der Waals surface area contributed by atoms with Crippen LogP contribution in [0, 0.1) is 5.92 Å². The Kier molecular flexibility index (Phi) is 4.37. The van der Waals surface area contributed by atoms with E-state index in [4.69, 9.17) is 5.73 Å². The highest BCUT2D eigenvalue weighted by molar-refractivity contribution is 5.95. The summed E-state index contributed by atoms with van der Waals surface area (Å²) in [4.78, 5) is 13.7. The molecular formula is C13H20N2O2. The Labute approximate surface area is 102 Å². The molecule has 4 nitrogen and oxygen atoms in total. The molecule has 0 saturated heterocycles. The van der Waals surface area contributed by atoms with Crippen LogP contribution in [0.25, 0.3) is 0 Å². The number of carbonyl (C=O) groups excluding carboxylic acids is 1. The Bertz CT molecular complexity index is 404. The van der Waals surface area contributed by atoms with E-state index in [1.807, 2.05) is 0 Å². The molecule has 0 radical (unpaired) electrons. The van der Waals surface area contributed by atoms with Gasteiger partial charge in [0.05, 0.1) is 5.69 Å². The summed E-state index contributed by atoms with van der Waals surface area (Å²) in [6.45, 7) is 4.91. The molecule has 17 heavy (non-hydrogen) atoms. The first-order chi connectivity index (χ1) is 7.95. The molecular weight excluding hydrogens is 216 g/mol. The van der Waals surface area contributed by atoms with E-state index in [2.05, 4.69) is 13.8 Å². The zero-order valence-electron chi connectivity index (χ0n) is 10.6. The summed E-state index contributed by atoms with van der Waals surface area (Å²) in [6, 6.07) is 4.58. The topological polar surface area (TPSA) is 66.6 Å². The SMILES string of the molecule is CCC(C)CN(C)C(=O)c1ccc(N)c(O)c1. The number of rotatable bonds is 4. The lowest BCUT2D eigenvalue weighted by Crippen LogP contribution is -2.30. The molecule has 1 atom stereocenters. The third kappa shape index (κ3) is 3.37. The Morgan fingerprint density at radius 2 is 2.18 bits per heavy atom. The van der Waals surface area contributed by atoms with Crippen molar-refractivity contribution in [1.82, 2.24) is 4.90 Å². The van der Waals surface area contributed by atoms with Crippen molar-refractivity contribution >= 4 is 11.6 Å². The number of nitrogens with zero attached hydrogens (tertiary/aromatic N) is 1. The highest BCUT2D eigenvalue weighted by atomic mass is 16.3. The summed E-state index contributed by atoms with van der Waals surface area (Å²) in [5.41, 5.74) is 6.24. The van der Waals surface area contributed by atoms with Crippen LogP contribution >= 0.6 is 0 Å². The van der Waals surface area contributed by atoms with E-state index in [1.54, 1.807) is 24.1 Å².